The summed E-state index contributed by atoms with van der Waals surface area (Å²) in [7, 11) is 2.17. The van der Waals surface area contributed by atoms with Crippen LogP contribution in [0.3, 0.4) is 0 Å². The highest BCUT2D eigenvalue weighted by Crippen LogP contribution is 2.20. The van der Waals surface area contributed by atoms with Crippen molar-refractivity contribution in [1.82, 2.24) is 4.90 Å². The summed E-state index contributed by atoms with van der Waals surface area (Å²) < 4.78 is 5.61. The quantitative estimate of drug-likeness (QED) is 0.862. The molecule has 0 amide bonds. The van der Waals surface area contributed by atoms with Crippen LogP contribution in [0.2, 0.25) is 0 Å². The van der Waals surface area contributed by atoms with Gasteiger partial charge in [0, 0.05) is 25.7 Å². The Morgan fingerprint density at radius 1 is 1.41 bits per heavy atom. The van der Waals surface area contributed by atoms with Crippen LogP contribution in [0.5, 0.6) is 0 Å². The van der Waals surface area contributed by atoms with Gasteiger partial charge >= 0.3 is 0 Å². The molecule has 1 aliphatic heterocycles. The van der Waals surface area contributed by atoms with Crippen molar-refractivity contribution < 1.29 is 4.74 Å². The lowest BCUT2D eigenvalue weighted by Crippen LogP contribution is -2.36. The molecule has 0 radical (unpaired) electrons. The molecule has 1 fully saturated rings. The van der Waals surface area contributed by atoms with E-state index in [9.17, 15) is 0 Å². The monoisotopic (exact) mass is 234 g/mol. The number of hydrogen-bond acceptors (Lipinski definition) is 3. The summed E-state index contributed by atoms with van der Waals surface area (Å²) in [6, 6.07) is 9.05. The largest absolute Gasteiger partial charge is 0.377 e. The Kier molecular flexibility index (Phi) is 4.15. The highest BCUT2D eigenvalue weighted by atomic mass is 16.5. The topological polar surface area (TPSA) is 38.5 Å². The van der Waals surface area contributed by atoms with Gasteiger partial charge in [-0.3, -0.25) is 4.90 Å². The minimum Gasteiger partial charge on any atom is -0.377 e. The number of nitrogens with two attached hydrogens (primary N) is 1. The molecule has 2 atom stereocenters. The summed E-state index contributed by atoms with van der Waals surface area (Å²) in [6.45, 7) is 4.62. The van der Waals surface area contributed by atoms with Gasteiger partial charge in [-0.1, -0.05) is 24.3 Å². The molecule has 3 nitrogen and oxygen atoms in total. The zero-order chi connectivity index (χ0) is 12.3. The van der Waals surface area contributed by atoms with Crippen LogP contribution in [0.15, 0.2) is 24.3 Å². The van der Waals surface area contributed by atoms with E-state index in [1.807, 2.05) is 0 Å². The minimum absolute atomic E-state index is 0.345. The smallest absolute Gasteiger partial charge is 0.0703 e. The molecule has 0 aromatic heterocycles. The first-order valence-electron chi connectivity index (χ1n) is 6.30. The van der Waals surface area contributed by atoms with Crippen LogP contribution in [-0.4, -0.2) is 30.7 Å². The second-order valence-corrected chi connectivity index (χ2v) is 4.87. The van der Waals surface area contributed by atoms with E-state index < -0.39 is 0 Å². The second kappa shape index (κ2) is 5.63. The first kappa shape index (κ1) is 12.6. The predicted molar refractivity (Wildman–Crippen MR) is 69.6 cm³/mol. The standard InChI is InChI=1S/C14H22N2O/c1-11-14(6-7-17-11)16(2)10-13-5-3-4-12(8-13)9-15/h3-5,8,11,14H,6-7,9-10,15H2,1-2H3. The van der Waals surface area contributed by atoms with E-state index in [2.05, 4.69) is 43.1 Å². The third kappa shape index (κ3) is 3.06. The lowest BCUT2D eigenvalue weighted by Gasteiger charge is -2.26. The van der Waals surface area contributed by atoms with Gasteiger partial charge in [0.15, 0.2) is 0 Å². The number of rotatable bonds is 4. The molecule has 3 heteroatoms. The van der Waals surface area contributed by atoms with E-state index in [1.165, 1.54) is 11.1 Å². The number of hydrogen-bond donors (Lipinski definition) is 1. The Labute approximate surface area is 104 Å². The predicted octanol–water partition coefficient (Wildman–Crippen LogP) is 1.75. The van der Waals surface area contributed by atoms with Crippen molar-refractivity contribution >= 4 is 0 Å². The third-order valence-electron chi connectivity index (χ3n) is 3.56. The Morgan fingerprint density at radius 3 is 2.82 bits per heavy atom. The minimum atomic E-state index is 0.345. The van der Waals surface area contributed by atoms with E-state index >= 15 is 0 Å². The van der Waals surface area contributed by atoms with E-state index in [1.54, 1.807) is 0 Å². The third-order valence-corrected chi connectivity index (χ3v) is 3.56. The maximum Gasteiger partial charge on any atom is 0.0703 e. The Bertz CT molecular complexity index is 367. The number of ether oxygens (including phenoxy) is 1. The molecule has 2 N–H and O–H groups in total. The molecular formula is C14H22N2O. The van der Waals surface area contributed by atoms with Gasteiger partial charge < -0.3 is 10.5 Å². The number of likely N-dealkylation sites (N-methyl/N-ethyl adjacent to an activating group) is 1. The van der Waals surface area contributed by atoms with Crippen LogP contribution in [0, 0.1) is 0 Å². The molecule has 1 aliphatic rings. The van der Waals surface area contributed by atoms with Crippen molar-refractivity contribution in [3.63, 3.8) is 0 Å². The summed E-state index contributed by atoms with van der Waals surface area (Å²) >= 11 is 0. The van der Waals surface area contributed by atoms with Crippen molar-refractivity contribution in [3.05, 3.63) is 35.4 Å². The van der Waals surface area contributed by atoms with Gasteiger partial charge in [0.05, 0.1) is 6.10 Å². The molecule has 0 aliphatic carbocycles. The van der Waals surface area contributed by atoms with Gasteiger partial charge in [-0.25, -0.2) is 0 Å². The summed E-state index contributed by atoms with van der Waals surface area (Å²) in [5.74, 6) is 0. The number of benzene rings is 1. The van der Waals surface area contributed by atoms with Crippen LogP contribution in [0.1, 0.15) is 24.5 Å². The molecular weight excluding hydrogens is 212 g/mol. The van der Waals surface area contributed by atoms with Crippen LogP contribution in [0.4, 0.5) is 0 Å². The molecule has 1 aromatic carbocycles. The van der Waals surface area contributed by atoms with Crippen molar-refractivity contribution in [1.29, 1.82) is 0 Å². The molecule has 0 spiro atoms. The summed E-state index contributed by atoms with van der Waals surface area (Å²) in [4.78, 5) is 2.38. The van der Waals surface area contributed by atoms with Crippen LogP contribution in [-0.2, 0) is 17.8 Å². The van der Waals surface area contributed by atoms with Crippen molar-refractivity contribution in [2.24, 2.45) is 5.73 Å². The Balaban J connectivity index is 1.99. The highest BCUT2D eigenvalue weighted by Gasteiger charge is 2.27. The first-order valence-corrected chi connectivity index (χ1v) is 6.30. The van der Waals surface area contributed by atoms with Crippen LogP contribution >= 0.6 is 0 Å². The summed E-state index contributed by atoms with van der Waals surface area (Å²) in [5.41, 5.74) is 8.19. The lowest BCUT2D eigenvalue weighted by atomic mass is 10.1. The normalized spacial score (nSPS) is 24.5. The van der Waals surface area contributed by atoms with Crippen LogP contribution in [0.25, 0.3) is 0 Å². The van der Waals surface area contributed by atoms with E-state index in [0.717, 1.165) is 19.6 Å². The summed E-state index contributed by atoms with van der Waals surface area (Å²) in [6.07, 6.45) is 1.48. The zero-order valence-electron chi connectivity index (χ0n) is 10.7. The zero-order valence-corrected chi connectivity index (χ0v) is 10.7. The molecule has 0 saturated carbocycles. The average molecular weight is 234 g/mol. The maximum absolute atomic E-state index is 5.66. The van der Waals surface area contributed by atoms with E-state index in [4.69, 9.17) is 10.5 Å². The Hall–Kier alpha value is -0.900. The number of nitrogens with zero attached hydrogens (tertiary/aromatic N) is 1. The maximum atomic E-state index is 5.66. The van der Waals surface area contributed by atoms with E-state index in [0.29, 0.717) is 18.7 Å². The fourth-order valence-electron chi connectivity index (χ4n) is 2.56. The molecule has 1 saturated heterocycles. The lowest BCUT2D eigenvalue weighted by molar-refractivity contribution is 0.0814. The van der Waals surface area contributed by atoms with Gasteiger partial charge in [0.2, 0.25) is 0 Å². The second-order valence-electron chi connectivity index (χ2n) is 4.87. The van der Waals surface area contributed by atoms with Gasteiger partial charge in [-0.15, -0.1) is 0 Å². The summed E-state index contributed by atoms with van der Waals surface area (Å²) in [5, 5.41) is 0. The van der Waals surface area contributed by atoms with Gasteiger partial charge in [0.1, 0.15) is 0 Å². The molecule has 17 heavy (non-hydrogen) atoms. The average Bonchev–Trinajstić information content (AvgIpc) is 2.76. The highest BCUT2D eigenvalue weighted by molar-refractivity contribution is 5.23. The fourth-order valence-corrected chi connectivity index (χ4v) is 2.56. The molecule has 94 valence electrons. The Morgan fingerprint density at radius 2 is 2.18 bits per heavy atom. The van der Waals surface area contributed by atoms with Gasteiger partial charge in [-0.2, -0.15) is 0 Å². The van der Waals surface area contributed by atoms with Crippen molar-refractivity contribution in [2.45, 2.75) is 38.6 Å². The van der Waals surface area contributed by atoms with E-state index in [-0.39, 0.29) is 0 Å². The molecule has 2 rings (SSSR count). The van der Waals surface area contributed by atoms with Crippen LogP contribution < -0.4 is 5.73 Å². The van der Waals surface area contributed by atoms with Gasteiger partial charge in [-0.05, 0) is 31.5 Å². The van der Waals surface area contributed by atoms with Crippen molar-refractivity contribution in [3.8, 4) is 0 Å². The molecule has 2 unspecified atom stereocenters. The fraction of sp³-hybridized carbons (Fsp3) is 0.571. The first-order chi connectivity index (χ1) is 8.20. The molecule has 1 aromatic rings. The van der Waals surface area contributed by atoms with Gasteiger partial charge in [0.25, 0.3) is 0 Å². The SMILES string of the molecule is CC1OCCC1N(C)Cc1cccc(CN)c1. The molecule has 0 bridgehead atoms. The van der Waals surface area contributed by atoms with Crippen molar-refractivity contribution in [2.75, 3.05) is 13.7 Å². The molecule has 1 heterocycles.